The molecule has 0 radical (unpaired) electrons. The van der Waals surface area contributed by atoms with E-state index in [4.69, 9.17) is 0 Å². The molecule has 1 amide bonds. The number of hydrogen-bond donors (Lipinski definition) is 1. The zero-order valence-corrected chi connectivity index (χ0v) is 12.5. The van der Waals surface area contributed by atoms with Crippen LogP contribution in [0.4, 0.5) is 0 Å². The van der Waals surface area contributed by atoms with Gasteiger partial charge < -0.3 is 4.90 Å². The van der Waals surface area contributed by atoms with Gasteiger partial charge in [0.05, 0.1) is 17.3 Å². The van der Waals surface area contributed by atoms with E-state index in [0.717, 1.165) is 12.8 Å². The van der Waals surface area contributed by atoms with Gasteiger partial charge in [-0.05, 0) is 19.3 Å². The summed E-state index contributed by atoms with van der Waals surface area (Å²) in [6.07, 6.45) is 3.93. The second-order valence-electron chi connectivity index (χ2n) is 5.17. The first-order valence-corrected chi connectivity index (χ1v) is 9.35. The van der Waals surface area contributed by atoms with Gasteiger partial charge in [-0.3, -0.25) is 9.89 Å². The number of carbonyl (C=O) groups excluding carboxylic acids is 1. The quantitative estimate of drug-likeness (QED) is 0.773. The smallest absolute Gasteiger partial charge is 0.233 e. The van der Waals surface area contributed by atoms with Crippen molar-refractivity contribution in [3.8, 4) is 0 Å². The van der Waals surface area contributed by atoms with E-state index in [1.807, 2.05) is 0 Å². The number of rotatable bonds is 5. The lowest BCUT2D eigenvalue weighted by atomic mass is 10.2. The number of hydrogen-bond acceptors (Lipinski definition) is 6. The molecule has 0 bridgehead atoms. The van der Waals surface area contributed by atoms with Crippen LogP contribution in [-0.2, 0) is 14.6 Å². The van der Waals surface area contributed by atoms with E-state index in [-0.39, 0.29) is 35.2 Å². The Labute approximate surface area is 121 Å². The van der Waals surface area contributed by atoms with Crippen molar-refractivity contribution < 1.29 is 13.2 Å². The predicted molar refractivity (Wildman–Crippen MR) is 74.0 cm³/mol. The molecule has 3 rings (SSSR count). The highest BCUT2D eigenvalue weighted by Gasteiger charge is 2.41. The molecule has 9 heteroatoms. The number of amides is 1. The molecule has 1 aliphatic carbocycles. The molecule has 1 saturated carbocycles. The van der Waals surface area contributed by atoms with Gasteiger partial charge in [-0.2, -0.15) is 5.10 Å². The third-order valence-electron chi connectivity index (χ3n) is 3.56. The van der Waals surface area contributed by atoms with E-state index in [1.54, 1.807) is 4.90 Å². The monoisotopic (exact) mass is 316 g/mol. The number of aromatic nitrogens is 3. The average molecular weight is 316 g/mol. The van der Waals surface area contributed by atoms with Gasteiger partial charge in [0.1, 0.15) is 6.33 Å². The number of nitrogens with one attached hydrogen (secondary N) is 1. The Morgan fingerprint density at radius 1 is 1.40 bits per heavy atom. The van der Waals surface area contributed by atoms with Crippen molar-refractivity contribution in [3.63, 3.8) is 0 Å². The van der Waals surface area contributed by atoms with Crippen LogP contribution in [0.1, 0.15) is 19.3 Å². The number of carbonyl (C=O) groups is 1. The van der Waals surface area contributed by atoms with Crippen LogP contribution in [0.2, 0.25) is 0 Å². The molecular weight excluding hydrogens is 300 g/mol. The Morgan fingerprint density at radius 2 is 2.20 bits per heavy atom. The SMILES string of the molecule is O=C(CSc1ncn[nH]1)N(C1CC1)[C@@H]1CCS(=O)(=O)C1. The maximum Gasteiger partial charge on any atom is 0.233 e. The van der Waals surface area contributed by atoms with Crippen LogP contribution < -0.4 is 0 Å². The van der Waals surface area contributed by atoms with Crippen LogP contribution in [0.5, 0.6) is 0 Å². The lowest BCUT2D eigenvalue weighted by Gasteiger charge is -2.28. The fraction of sp³-hybridized carbons (Fsp3) is 0.727. The van der Waals surface area contributed by atoms with E-state index in [0.29, 0.717) is 11.6 Å². The van der Waals surface area contributed by atoms with Gasteiger partial charge in [0.2, 0.25) is 5.91 Å². The first-order valence-electron chi connectivity index (χ1n) is 6.55. The van der Waals surface area contributed by atoms with E-state index in [9.17, 15) is 13.2 Å². The predicted octanol–water partition coefficient (Wildman–Crippen LogP) is 0.0749. The van der Waals surface area contributed by atoms with Crippen molar-refractivity contribution >= 4 is 27.5 Å². The molecular formula is C11H16N4O3S2. The summed E-state index contributed by atoms with van der Waals surface area (Å²) in [4.78, 5) is 18.1. The van der Waals surface area contributed by atoms with Crippen molar-refractivity contribution in [2.24, 2.45) is 0 Å². The Bertz CT molecular complexity index is 583. The third-order valence-corrected chi connectivity index (χ3v) is 6.17. The van der Waals surface area contributed by atoms with Gasteiger partial charge in [-0.15, -0.1) is 0 Å². The van der Waals surface area contributed by atoms with Gasteiger partial charge in [-0.25, -0.2) is 13.4 Å². The molecule has 1 atom stereocenters. The third kappa shape index (κ3) is 3.14. The Kier molecular flexibility index (Phi) is 3.72. The van der Waals surface area contributed by atoms with E-state index < -0.39 is 9.84 Å². The minimum atomic E-state index is -2.97. The molecule has 0 spiro atoms. The van der Waals surface area contributed by atoms with Crippen LogP contribution in [0.3, 0.4) is 0 Å². The minimum absolute atomic E-state index is 0.00370. The minimum Gasteiger partial charge on any atom is -0.335 e. The van der Waals surface area contributed by atoms with Crippen molar-refractivity contribution in [1.82, 2.24) is 20.1 Å². The molecule has 2 heterocycles. The first-order chi connectivity index (χ1) is 9.55. The molecule has 110 valence electrons. The first kappa shape index (κ1) is 13.9. The van der Waals surface area contributed by atoms with Crippen LogP contribution in [0.15, 0.2) is 11.5 Å². The highest BCUT2D eigenvalue weighted by Crippen LogP contribution is 2.33. The summed E-state index contributed by atoms with van der Waals surface area (Å²) in [7, 11) is -2.97. The van der Waals surface area contributed by atoms with Crippen LogP contribution in [-0.4, -0.2) is 63.7 Å². The van der Waals surface area contributed by atoms with Crippen LogP contribution in [0.25, 0.3) is 0 Å². The molecule has 0 aromatic carbocycles. The highest BCUT2D eigenvalue weighted by atomic mass is 32.2. The fourth-order valence-corrected chi connectivity index (χ4v) is 4.88. The molecule has 20 heavy (non-hydrogen) atoms. The number of nitrogens with zero attached hydrogens (tertiary/aromatic N) is 3. The van der Waals surface area contributed by atoms with E-state index >= 15 is 0 Å². The van der Waals surface area contributed by atoms with E-state index in [1.165, 1.54) is 18.1 Å². The van der Waals surface area contributed by atoms with Gasteiger partial charge in [0.25, 0.3) is 0 Å². The van der Waals surface area contributed by atoms with Gasteiger partial charge in [0, 0.05) is 12.1 Å². The number of sulfone groups is 1. The van der Waals surface area contributed by atoms with E-state index in [2.05, 4.69) is 15.2 Å². The van der Waals surface area contributed by atoms with Crippen molar-refractivity contribution in [2.75, 3.05) is 17.3 Å². The molecule has 1 aliphatic heterocycles. The highest BCUT2D eigenvalue weighted by molar-refractivity contribution is 7.99. The second-order valence-corrected chi connectivity index (χ2v) is 8.36. The Hall–Kier alpha value is -1.09. The molecule has 1 saturated heterocycles. The van der Waals surface area contributed by atoms with Crippen LogP contribution in [0, 0.1) is 0 Å². The largest absolute Gasteiger partial charge is 0.335 e. The lowest BCUT2D eigenvalue weighted by molar-refractivity contribution is -0.130. The zero-order chi connectivity index (χ0) is 14.2. The maximum absolute atomic E-state index is 12.4. The molecule has 2 fully saturated rings. The second kappa shape index (κ2) is 5.36. The summed E-state index contributed by atoms with van der Waals surface area (Å²) in [5, 5.41) is 7.03. The van der Waals surface area contributed by atoms with Gasteiger partial charge >= 0.3 is 0 Å². The summed E-state index contributed by atoms with van der Waals surface area (Å²) in [5.41, 5.74) is 0. The molecule has 2 aliphatic rings. The molecule has 1 aromatic heterocycles. The molecule has 7 nitrogen and oxygen atoms in total. The van der Waals surface area contributed by atoms with Crippen LogP contribution >= 0.6 is 11.8 Å². The molecule has 1 N–H and O–H groups in total. The number of H-pyrrole nitrogens is 1. The summed E-state index contributed by atoms with van der Waals surface area (Å²) < 4.78 is 23.2. The summed E-state index contributed by atoms with van der Waals surface area (Å²) in [6, 6.07) is 0.0893. The van der Waals surface area contributed by atoms with Crippen molar-refractivity contribution in [3.05, 3.63) is 6.33 Å². The maximum atomic E-state index is 12.4. The average Bonchev–Trinajstić information content (AvgIpc) is 2.95. The lowest BCUT2D eigenvalue weighted by Crippen LogP contribution is -2.43. The zero-order valence-electron chi connectivity index (χ0n) is 10.9. The fourth-order valence-electron chi connectivity index (χ4n) is 2.52. The molecule has 1 aromatic rings. The normalized spacial score (nSPS) is 24.7. The number of aromatic amines is 1. The standard InChI is InChI=1S/C11H16N4O3S2/c16-10(5-19-11-12-7-13-14-11)15(8-1-2-8)9-3-4-20(17,18)6-9/h7-9H,1-6H2,(H,12,13,14)/t9-/m1/s1. The summed E-state index contributed by atoms with van der Waals surface area (Å²) in [6.45, 7) is 0. The van der Waals surface area contributed by atoms with Gasteiger partial charge in [0.15, 0.2) is 15.0 Å². The topological polar surface area (TPSA) is 96.0 Å². The van der Waals surface area contributed by atoms with Crippen molar-refractivity contribution in [2.45, 2.75) is 36.5 Å². The molecule has 0 unspecified atom stereocenters. The van der Waals surface area contributed by atoms with Gasteiger partial charge in [-0.1, -0.05) is 11.8 Å². The van der Waals surface area contributed by atoms with Crippen molar-refractivity contribution in [1.29, 1.82) is 0 Å². The Morgan fingerprint density at radius 3 is 2.75 bits per heavy atom. The summed E-state index contributed by atoms with van der Waals surface area (Å²) >= 11 is 1.30. The number of thioether (sulfide) groups is 1. The Balaban J connectivity index is 1.63. The summed E-state index contributed by atoms with van der Waals surface area (Å²) in [5.74, 6) is 0.574.